The van der Waals surface area contributed by atoms with Crippen LogP contribution in [0.1, 0.15) is 27.2 Å². The molecule has 1 rings (SSSR count). The van der Waals surface area contributed by atoms with Crippen LogP contribution in [0.5, 0.6) is 5.75 Å². The van der Waals surface area contributed by atoms with Gasteiger partial charge in [0.25, 0.3) is 0 Å². The summed E-state index contributed by atoms with van der Waals surface area (Å²) < 4.78 is 31.6. The van der Waals surface area contributed by atoms with Crippen molar-refractivity contribution < 1.29 is 13.2 Å². The molecule has 0 amide bonds. The molecule has 120 valence electrons. The predicted molar refractivity (Wildman–Crippen MR) is 84.9 cm³/mol. The number of hydrogen-bond acceptors (Lipinski definition) is 4. The topological polar surface area (TPSA) is 72.6 Å². The third-order valence-corrected chi connectivity index (χ3v) is 5.41. The molecule has 21 heavy (non-hydrogen) atoms. The minimum Gasteiger partial charge on any atom is -0.494 e. The highest BCUT2D eigenvalue weighted by molar-refractivity contribution is 7.89. The third-order valence-electron chi connectivity index (χ3n) is 3.43. The first kappa shape index (κ1) is 17.9. The predicted octanol–water partition coefficient (Wildman–Crippen LogP) is 2.08. The van der Waals surface area contributed by atoms with Gasteiger partial charge in [0, 0.05) is 19.6 Å². The van der Waals surface area contributed by atoms with Gasteiger partial charge in [-0.15, -0.1) is 0 Å². The van der Waals surface area contributed by atoms with Gasteiger partial charge in [-0.05, 0) is 43.5 Å². The first-order chi connectivity index (χ1) is 9.78. The van der Waals surface area contributed by atoms with Crippen LogP contribution in [-0.2, 0) is 10.0 Å². The maximum absolute atomic E-state index is 12.4. The Hall–Kier alpha value is -1.11. The van der Waals surface area contributed by atoms with Crippen molar-refractivity contribution in [1.82, 2.24) is 4.31 Å². The van der Waals surface area contributed by atoms with Crippen molar-refractivity contribution in [2.45, 2.75) is 38.1 Å². The molecule has 0 spiro atoms. The molecule has 0 aromatic heterocycles. The average Bonchev–Trinajstić information content (AvgIpc) is 2.45. The summed E-state index contributed by atoms with van der Waals surface area (Å²) in [4.78, 5) is 0.251. The Labute approximate surface area is 128 Å². The first-order valence-electron chi connectivity index (χ1n) is 7.20. The number of rotatable bonds is 8. The molecule has 0 radical (unpaired) electrons. The Kier molecular flexibility index (Phi) is 6.64. The smallest absolute Gasteiger partial charge is 0.243 e. The van der Waals surface area contributed by atoms with Gasteiger partial charge in [0.05, 0.1) is 11.5 Å². The van der Waals surface area contributed by atoms with Gasteiger partial charge in [-0.3, -0.25) is 0 Å². The van der Waals surface area contributed by atoms with Crippen LogP contribution in [0.2, 0.25) is 0 Å². The number of hydrogen-bond donors (Lipinski definition) is 1. The highest BCUT2D eigenvalue weighted by Crippen LogP contribution is 2.20. The monoisotopic (exact) mass is 314 g/mol. The van der Waals surface area contributed by atoms with Crippen LogP contribution in [0, 0.1) is 5.92 Å². The Balaban J connectivity index is 2.77. The summed E-state index contributed by atoms with van der Waals surface area (Å²) in [6.45, 7) is 6.96. The van der Waals surface area contributed by atoms with E-state index in [1.54, 1.807) is 38.2 Å². The fourth-order valence-corrected chi connectivity index (χ4v) is 3.04. The van der Waals surface area contributed by atoms with Gasteiger partial charge < -0.3 is 10.5 Å². The zero-order chi connectivity index (χ0) is 16.0. The minimum atomic E-state index is -3.50. The summed E-state index contributed by atoms with van der Waals surface area (Å²) in [6.07, 6.45) is 0.969. The van der Waals surface area contributed by atoms with E-state index in [0.29, 0.717) is 18.3 Å². The van der Waals surface area contributed by atoms with Gasteiger partial charge >= 0.3 is 0 Å². The van der Waals surface area contributed by atoms with Gasteiger partial charge in [-0.1, -0.05) is 13.8 Å². The number of ether oxygens (including phenoxy) is 1. The van der Waals surface area contributed by atoms with Crippen LogP contribution in [-0.4, -0.2) is 39.0 Å². The maximum atomic E-state index is 12.4. The van der Waals surface area contributed by atoms with E-state index in [0.717, 1.165) is 6.42 Å². The van der Waals surface area contributed by atoms with Crippen LogP contribution in [0.25, 0.3) is 0 Å². The molecule has 0 saturated carbocycles. The lowest BCUT2D eigenvalue weighted by Crippen LogP contribution is -2.39. The second kappa shape index (κ2) is 7.77. The van der Waals surface area contributed by atoms with Gasteiger partial charge in [-0.2, -0.15) is 4.31 Å². The Morgan fingerprint density at radius 3 is 2.24 bits per heavy atom. The minimum absolute atomic E-state index is 0.239. The highest BCUT2D eigenvalue weighted by Gasteiger charge is 2.24. The first-order valence-corrected chi connectivity index (χ1v) is 8.64. The van der Waals surface area contributed by atoms with Crippen LogP contribution in [0.15, 0.2) is 29.2 Å². The molecule has 2 N–H and O–H groups in total. The third kappa shape index (κ3) is 4.98. The fourth-order valence-electron chi connectivity index (χ4n) is 1.67. The molecule has 0 heterocycles. The number of likely N-dealkylation sites (N-methyl/N-ethyl adjacent to an activating group) is 1. The van der Waals surface area contributed by atoms with Crippen molar-refractivity contribution >= 4 is 10.0 Å². The molecule has 1 aromatic rings. The number of nitrogens with zero attached hydrogens (tertiary/aromatic N) is 1. The lowest BCUT2D eigenvalue weighted by Gasteiger charge is -2.23. The summed E-state index contributed by atoms with van der Waals surface area (Å²) in [5, 5.41) is 0. The maximum Gasteiger partial charge on any atom is 0.243 e. The van der Waals surface area contributed by atoms with Gasteiger partial charge in [0.2, 0.25) is 10.0 Å². The summed E-state index contributed by atoms with van der Waals surface area (Å²) in [5.41, 5.74) is 5.52. The zero-order valence-electron chi connectivity index (χ0n) is 13.2. The molecule has 0 fully saturated rings. The van der Waals surface area contributed by atoms with E-state index < -0.39 is 10.0 Å². The SMILES string of the molecule is CC(C)CCOc1ccc(S(=O)(=O)N(C)C(C)CN)cc1. The molecule has 5 nitrogen and oxygen atoms in total. The van der Waals surface area contributed by atoms with Crippen molar-refractivity contribution in [3.8, 4) is 5.75 Å². The van der Waals surface area contributed by atoms with Gasteiger partial charge in [0.15, 0.2) is 0 Å². The van der Waals surface area contributed by atoms with Crippen LogP contribution in [0.4, 0.5) is 0 Å². The van der Waals surface area contributed by atoms with E-state index in [1.165, 1.54) is 4.31 Å². The van der Waals surface area contributed by atoms with E-state index in [9.17, 15) is 8.42 Å². The second-order valence-corrected chi connectivity index (χ2v) is 7.61. The molecule has 1 aromatic carbocycles. The van der Waals surface area contributed by atoms with Gasteiger partial charge in [0.1, 0.15) is 5.75 Å². The molecule has 0 bridgehead atoms. The van der Waals surface area contributed by atoms with Crippen LogP contribution < -0.4 is 10.5 Å². The quantitative estimate of drug-likeness (QED) is 0.797. The highest BCUT2D eigenvalue weighted by atomic mass is 32.2. The van der Waals surface area contributed by atoms with E-state index >= 15 is 0 Å². The molecule has 0 aliphatic carbocycles. The second-order valence-electron chi connectivity index (χ2n) is 5.61. The lowest BCUT2D eigenvalue weighted by atomic mass is 10.1. The van der Waals surface area contributed by atoms with Crippen molar-refractivity contribution in [3.05, 3.63) is 24.3 Å². The fraction of sp³-hybridized carbons (Fsp3) is 0.600. The number of sulfonamides is 1. The van der Waals surface area contributed by atoms with Crippen molar-refractivity contribution in [3.63, 3.8) is 0 Å². The van der Waals surface area contributed by atoms with Crippen molar-refractivity contribution in [2.24, 2.45) is 11.7 Å². The molecule has 0 saturated heterocycles. The number of nitrogens with two attached hydrogens (primary N) is 1. The summed E-state index contributed by atoms with van der Waals surface area (Å²) in [7, 11) is -1.96. The normalized spacial score (nSPS) is 13.7. The summed E-state index contributed by atoms with van der Waals surface area (Å²) in [5.74, 6) is 1.26. The molecule has 0 aliphatic heterocycles. The van der Waals surface area contributed by atoms with Crippen LogP contribution in [0.3, 0.4) is 0 Å². The average molecular weight is 314 g/mol. The Bertz CT molecular complexity index is 526. The largest absolute Gasteiger partial charge is 0.494 e. The Morgan fingerprint density at radius 2 is 1.76 bits per heavy atom. The van der Waals surface area contributed by atoms with E-state index in [1.807, 2.05) is 0 Å². The molecular formula is C15H26N2O3S. The molecule has 0 aliphatic rings. The molecule has 6 heteroatoms. The van der Waals surface area contributed by atoms with Crippen molar-refractivity contribution in [1.29, 1.82) is 0 Å². The lowest BCUT2D eigenvalue weighted by molar-refractivity contribution is 0.289. The van der Waals surface area contributed by atoms with E-state index in [-0.39, 0.29) is 17.5 Å². The molecule has 1 unspecified atom stereocenters. The standard InChI is InChI=1S/C15H26N2O3S/c1-12(2)9-10-20-14-5-7-15(8-6-14)21(18,19)17(4)13(3)11-16/h5-8,12-13H,9-11,16H2,1-4H3. The van der Waals surface area contributed by atoms with E-state index in [2.05, 4.69) is 13.8 Å². The Morgan fingerprint density at radius 1 is 1.19 bits per heavy atom. The van der Waals surface area contributed by atoms with E-state index in [4.69, 9.17) is 10.5 Å². The number of benzene rings is 1. The van der Waals surface area contributed by atoms with Crippen LogP contribution >= 0.6 is 0 Å². The summed E-state index contributed by atoms with van der Waals surface area (Å²) in [6, 6.07) is 6.28. The summed E-state index contributed by atoms with van der Waals surface area (Å²) >= 11 is 0. The zero-order valence-corrected chi connectivity index (χ0v) is 14.1. The van der Waals surface area contributed by atoms with Gasteiger partial charge in [-0.25, -0.2) is 8.42 Å². The molecule has 1 atom stereocenters. The molecular weight excluding hydrogens is 288 g/mol. The van der Waals surface area contributed by atoms with Crippen molar-refractivity contribution in [2.75, 3.05) is 20.2 Å².